The van der Waals surface area contributed by atoms with Gasteiger partial charge in [0.1, 0.15) is 0 Å². The van der Waals surface area contributed by atoms with E-state index in [4.69, 9.17) is 4.74 Å². The Morgan fingerprint density at radius 2 is 1.74 bits per heavy atom. The Bertz CT molecular complexity index is 623. The topological polar surface area (TPSA) is 89.9 Å². The fourth-order valence-electron chi connectivity index (χ4n) is 1.79. The van der Waals surface area contributed by atoms with E-state index in [-0.39, 0.29) is 5.54 Å². The summed E-state index contributed by atoms with van der Waals surface area (Å²) in [4.78, 5) is 11.5. The Morgan fingerprint density at radius 1 is 1.09 bits per heavy atom. The Hall–Kier alpha value is -2.57. The van der Waals surface area contributed by atoms with Gasteiger partial charge in [-0.1, -0.05) is 30.3 Å². The monoisotopic (exact) mass is 315 g/mol. The number of hydrogen-bond acceptors (Lipinski definition) is 6. The van der Waals surface area contributed by atoms with Crippen LogP contribution in [0.25, 0.3) is 11.4 Å². The molecule has 1 aromatic heterocycles. The molecule has 0 aliphatic rings. The predicted molar refractivity (Wildman–Crippen MR) is 85.6 cm³/mol. The smallest absolute Gasteiger partial charge is 0.407 e. The Kier molecular flexibility index (Phi) is 5.56. The van der Waals surface area contributed by atoms with Crippen molar-refractivity contribution < 1.29 is 9.53 Å². The molecule has 122 valence electrons. The lowest BCUT2D eigenvalue weighted by Crippen LogP contribution is -2.41. The summed E-state index contributed by atoms with van der Waals surface area (Å²) in [6.07, 6.45) is 0.748. The highest BCUT2D eigenvalue weighted by Gasteiger charge is 2.14. The summed E-state index contributed by atoms with van der Waals surface area (Å²) in [6, 6.07) is 9.55. The number of ether oxygens (including phenoxy) is 1. The molecule has 1 heterocycles. The van der Waals surface area contributed by atoms with Gasteiger partial charge in [0, 0.05) is 17.5 Å². The number of benzene rings is 1. The first-order valence-corrected chi connectivity index (χ1v) is 7.51. The van der Waals surface area contributed by atoms with E-state index in [1.54, 1.807) is 0 Å². The highest BCUT2D eigenvalue weighted by atomic mass is 16.5. The minimum Gasteiger partial charge on any atom is -0.450 e. The number of hydrogen-bond donors (Lipinski definition) is 1. The molecule has 1 aromatic carbocycles. The lowest BCUT2D eigenvalue weighted by Gasteiger charge is -2.19. The summed E-state index contributed by atoms with van der Waals surface area (Å²) in [5.74, 6) is 1.03. The largest absolute Gasteiger partial charge is 0.450 e. The molecular formula is C16H21N5O2. The third-order valence-corrected chi connectivity index (χ3v) is 2.81. The molecule has 0 aliphatic heterocycles. The molecule has 7 heteroatoms. The summed E-state index contributed by atoms with van der Waals surface area (Å²) in [6.45, 7) is 5.99. The summed E-state index contributed by atoms with van der Waals surface area (Å²) in [5, 5.41) is 19.0. The molecule has 7 nitrogen and oxygen atoms in total. The fraction of sp³-hybridized carbons (Fsp3) is 0.438. The second-order valence-electron chi connectivity index (χ2n) is 6.12. The Balaban J connectivity index is 1.76. The van der Waals surface area contributed by atoms with Gasteiger partial charge in [-0.2, -0.15) is 0 Å². The molecular weight excluding hydrogens is 294 g/mol. The SMILES string of the molecule is CC(C)(C)NC(=O)OCCCc1nnc(-c2ccccc2)nn1. The molecule has 0 spiro atoms. The van der Waals surface area contributed by atoms with E-state index < -0.39 is 6.09 Å². The number of aromatic nitrogens is 4. The highest BCUT2D eigenvalue weighted by Crippen LogP contribution is 2.11. The van der Waals surface area contributed by atoms with Crippen molar-refractivity contribution in [1.82, 2.24) is 25.7 Å². The van der Waals surface area contributed by atoms with E-state index >= 15 is 0 Å². The van der Waals surface area contributed by atoms with Crippen molar-refractivity contribution >= 4 is 6.09 Å². The first-order valence-electron chi connectivity index (χ1n) is 7.51. The lowest BCUT2D eigenvalue weighted by atomic mass is 10.1. The third kappa shape index (κ3) is 5.98. The standard InChI is InChI=1S/C16H21N5O2/c1-16(2,3)17-15(22)23-11-7-10-13-18-20-14(21-19-13)12-8-5-4-6-9-12/h4-6,8-9H,7,10-11H2,1-3H3,(H,17,22). The molecule has 0 radical (unpaired) electrons. The number of alkyl carbamates (subject to hydrolysis) is 1. The molecule has 0 atom stereocenters. The zero-order chi connectivity index (χ0) is 16.7. The van der Waals surface area contributed by atoms with Gasteiger partial charge in [-0.15, -0.1) is 20.4 Å². The van der Waals surface area contributed by atoms with Crippen molar-refractivity contribution in [1.29, 1.82) is 0 Å². The van der Waals surface area contributed by atoms with Gasteiger partial charge in [-0.3, -0.25) is 0 Å². The molecule has 0 saturated carbocycles. The molecule has 2 aromatic rings. The lowest BCUT2D eigenvalue weighted by molar-refractivity contribution is 0.136. The zero-order valence-corrected chi connectivity index (χ0v) is 13.6. The number of amides is 1. The van der Waals surface area contributed by atoms with Crippen LogP contribution in [-0.2, 0) is 11.2 Å². The van der Waals surface area contributed by atoms with Crippen LogP contribution in [0, 0.1) is 0 Å². The summed E-state index contributed by atoms with van der Waals surface area (Å²) in [5.41, 5.74) is 0.572. The van der Waals surface area contributed by atoms with Crippen LogP contribution < -0.4 is 5.32 Å². The maximum absolute atomic E-state index is 11.5. The molecule has 1 N–H and O–H groups in total. The number of nitrogens with one attached hydrogen (secondary N) is 1. The molecule has 2 rings (SSSR count). The van der Waals surface area contributed by atoms with E-state index in [1.807, 2.05) is 51.1 Å². The average molecular weight is 315 g/mol. The van der Waals surface area contributed by atoms with E-state index in [1.165, 1.54) is 0 Å². The van der Waals surface area contributed by atoms with Crippen LogP contribution in [0.1, 0.15) is 33.0 Å². The van der Waals surface area contributed by atoms with Crippen molar-refractivity contribution in [3.05, 3.63) is 36.2 Å². The van der Waals surface area contributed by atoms with Gasteiger partial charge in [-0.25, -0.2) is 4.79 Å². The van der Waals surface area contributed by atoms with E-state index in [0.717, 1.165) is 5.56 Å². The molecule has 0 saturated heterocycles. The van der Waals surface area contributed by atoms with Crippen molar-refractivity contribution in [2.75, 3.05) is 6.61 Å². The van der Waals surface area contributed by atoms with Crippen molar-refractivity contribution in [3.63, 3.8) is 0 Å². The van der Waals surface area contributed by atoms with Crippen LogP contribution >= 0.6 is 0 Å². The molecule has 0 fully saturated rings. The van der Waals surface area contributed by atoms with Crippen LogP contribution in [0.15, 0.2) is 30.3 Å². The second-order valence-corrected chi connectivity index (χ2v) is 6.12. The van der Waals surface area contributed by atoms with E-state index in [2.05, 4.69) is 25.7 Å². The normalized spacial score (nSPS) is 11.1. The average Bonchev–Trinajstić information content (AvgIpc) is 2.51. The number of carbonyl (C=O) groups excluding carboxylic acids is 1. The maximum atomic E-state index is 11.5. The van der Waals surface area contributed by atoms with E-state index in [0.29, 0.717) is 31.1 Å². The summed E-state index contributed by atoms with van der Waals surface area (Å²) < 4.78 is 5.09. The number of rotatable bonds is 5. The maximum Gasteiger partial charge on any atom is 0.407 e. The third-order valence-electron chi connectivity index (χ3n) is 2.81. The fourth-order valence-corrected chi connectivity index (χ4v) is 1.79. The van der Waals surface area contributed by atoms with Gasteiger partial charge < -0.3 is 10.1 Å². The predicted octanol–water partition coefficient (Wildman–Crippen LogP) is 2.39. The molecule has 0 unspecified atom stereocenters. The zero-order valence-electron chi connectivity index (χ0n) is 13.6. The summed E-state index contributed by atoms with van der Waals surface area (Å²) >= 11 is 0. The van der Waals surface area contributed by atoms with Crippen LogP contribution in [0.4, 0.5) is 4.79 Å². The van der Waals surface area contributed by atoms with Gasteiger partial charge in [0.15, 0.2) is 5.82 Å². The second kappa shape index (κ2) is 7.62. The molecule has 0 aliphatic carbocycles. The quantitative estimate of drug-likeness (QED) is 0.852. The van der Waals surface area contributed by atoms with Gasteiger partial charge in [0.2, 0.25) is 5.82 Å². The van der Waals surface area contributed by atoms with Gasteiger partial charge in [0.25, 0.3) is 0 Å². The Morgan fingerprint density at radius 3 is 2.35 bits per heavy atom. The molecule has 23 heavy (non-hydrogen) atoms. The minimum absolute atomic E-state index is 0.297. The van der Waals surface area contributed by atoms with Crippen molar-refractivity contribution in [2.24, 2.45) is 0 Å². The van der Waals surface area contributed by atoms with Crippen molar-refractivity contribution in [2.45, 2.75) is 39.2 Å². The number of nitrogens with zero attached hydrogens (tertiary/aromatic N) is 4. The van der Waals surface area contributed by atoms with Crippen LogP contribution in [-0.4, -0.2) is 38.6 Å². The van der Waals surface area contributed by atoms with Gasteiger partial charge in [0.05, 0.1) is 6.61 Å². The molecule has 0 bridgehead atoms. The minimum atomic E-state index is -0.422. The molecule has 1 amide bonds. The van der Waals surface area contributed by atoms with Crippen molar-refractivity contribution in [3.8, 4) is 11.4 Å². The first kappa shape index (κ1) is 16.8. The highest BCUT2D eigenvalue weighted by molar-refractivity contribution is 5.68. The van der Waals surface area contributed by atoms with Crippen LogP contribution in [0.3, 0.4) is 0 Å². The number of aryl methyl sites for hydroxylation is 1. The van der Waals surface area contributed by atoms with Gasteiger partial charge >= 0.3 is 6.09 Å². The van der Waals surface area contributed by atoms with Crippen LogP contribution in [0.5, 0.6) is 0 Å². The number of carbonyl (C=O) groups is 1. The Labute approximate surface area is 135 Å². The van der Waals surface area contributed by atoms with Crippen LogP contribution in [0.2, 0.25) is 0 Å². The van der Waals surface area contributed by atoms with Gasteiger partial charge in [-0.05, 0) is 27.2 Å². The van der Waals surface area contributed by atoms with E-state index in [9.17, 15) is 4.79 Å². The first-order chi connectivity index (χ1) is 10.9. The summed E-state index contributed by atoms with van der Waals surface area (Å²) in [7, 11) is 0.